The van der Waals surface area contributed by atoms with Crippen molar-refractivity contribution in [3.63, 3.8) is 0 Å². The second kappa shape index (κ2) is 10.9. The number of methoxy groups -OCH3 is 2. The smallest absolute Gasteiger partial charge is 0.326 e. The first-order valence-electron chi connectivity index (χ1n) is 6.40. The van der Waals surface area contributed by atoms with Crippen molar-refractivity contribution in [1.29, 1.82) is 0 Å². The molecule has 0 aliphatic carbocycles. The van der Waals surface area contributed by atoms with Gasteiger partial charge in [-0.25, -0.2) is 9.59 Å². The second-order valence-electron chi connectivity index (χ2n) is 4.25. The third kappa shape index (κ3) is 8.82. The zero-order chi connectivity index (χ0) is 16.3. The minimum absolute atomic E-state index is 0.182. The molecule has 9 heteroatoms. The molecule has 0 unspecified atom stereocenters. The van der Waals surface area contributed by atoms with E-state index < -0.39 is 24.0 Å². The fraction of sp³-hybridized carbons (Fsp3) is 0.750. The summed E-state index contributed by atoms with van der Waals surface area (Å²) in [4.78, 5) is 34.9. The molecule has 0 aromatic rings. The van der Waals surface area contributed by atoms with Crippen LogP contribution in [0.4, 0.5) is 4.79 Å². The van der Waals surface area contributed by atoms with Gasteiger partial charge in [0.05, 0.1) is 13.2 Å². The molecule has 122 valence electrons. The van der Waals surface area contributed by atoms with Gasteiger partial charge in [0.2, 0.25) is 0 Å². The van der Waals surface area contributed by atoms with Crippen molar-refractivity contribution in [2.45, 2.75) is 18.9 Å². The lowest BCUT2D eigenvalue weighted by Gasteiger charge is -2.24. The van der Waals surface area contributed by atoms with Crippen LogP contribution in [0.15, 0.2) is 0 Å². The van der Waals surface area contributed by atoms with E-state index in [0.29, 0.717) is 13.2 Å². The lowest BCUT2D eigenvalue weighted by Crippen LogP contribution is -2.49. The molecule has 0 aliphatic heterocycles. The molecule has 9 nitrogen and oxygen atoms in total. The van der Waals surface area contributed by atoms with Crippen molar-refractivity contribution >= 4 is 18.0 Å². The number of carbonyl (C=O) groups excluding carboxylic acids is 1. The molecule has 0 radical (unpaired) electrons. The van der Waals surface area contributed by atoms with Crippen molar-refractivity contribution < 1.29 is 34.1 Å². The van der Waals surface area contributed by atoms with Gasteiger partial charge in [0.1, 0.15) is 6.04 Å². The van der Waals surface area contributed by atoms with Gasteiger partial charge in [-0.05, 0) is 6.42 Å². The SMILES string of the molecule is COCCN(CCOC)C(=O)N[C@@H](CCC(=O)O)C(=O)O. The summed E-state index contributed by atoms with van der Waals surface area (Å²) in [6, 6.07) is -1.84. The molecule has 0 saturated heterocycles. The number of hydrogen-bond acceptors (Lipinski definition) is 5. The highest BCUT2D eigenvalue weighted by molar-refractivity contribution is 5.83. The van der Waals surface area contributed by atoms with Crippen LogP contribution in [0.1, 0.15) is 12.8 Å². The number of ether oxygens (including phenoxy) is 2. The number of carboxylic acid groups (broad SMARTS) is 2. The number of rotatable bonds is 11. The fourth-order valence-corrected chi connectivity index (χ4v) is 1.48. The van der Waals surface area contributed by atoms with Gasteiger partial charge >= 0.3 is 18.0 Å². The Hall–Kier alpha value is -1.87. The van der Waals surface area contributed by atoms with E-state index in [1.165, 1.54) is 19.1 Å². The summed E-state index contributed by atoms with van der Waals surface area (Å²) in [5, 5.41) is 19.9. The number of nitrogens with zero attached hydrogens (tertiary/aromatic N) is 1. The maximum atomic E-state index is 12.0. The highest BCUT2D eigenvalue weighted by Crippen LogP contribution is 2.00. The fourth-order valence-electron chi connectivity index (χ4n) is 1.48. The summed E-state index contributed by atoms with van der Waals surface area (Å²) >= 11 is 0. The summed E-state index contributed by atoms with van der Waals surface area (Å²) in [7, 11) is 2.97. The largest absolute Gasteiger partial charge is 0.481 e. The van der Waals surface area contributed by atoms with E-state index in [9.17, 15) is 14.4 Å². The molecule has 3 N–H and O–H groups in total. The van der Waals surface area contributed by atoms with Crippen LogP contribution in [-0.2, 0) is 19.1 Å². The second-order valence-corrected chi connectivity index (χ2v) is 4.25. The van der Waals surface area contributed by atoms with Crippen LogP contribution in [0.25, 0.3) is 0 Å². The van der Waals surface area contributed by atoms with Crippen molar-refractivity contribution in [2.75, 3.05) is 40.5 Å². The Bertz CT molecular complexity index is 340. The predicted octanol–water partition coefficient (Wildman–Crippen LogP) is -0.391. The van der Waals surface area contributed by atoms with Crippen LogP contribution in [0.5, 0.6) is 0 Å². The third-order valence-corrected chi connectivity index (χ3v) is 2.66. The molecule has 0 saturated carbocycles. The van der Waals surface area contributed by atoms with E-state index in [4.69, 9.17) is 19.7 Å². The van der Waals surface area contributed by atoms with Gasteiger partial charge in [-0.1, -0.05) is 0 Å². The first-order chi connectivity index (χ1) is 9.92. The minimum Gasteiger partial charge on any atom is -0.481 e. The maximum Gasteiger partial charge on any atom is 0.326 e. The average Bonchev–Trinajstić information content (AvgIpc) is 2.42. The standard InChI is InChI=1S/C12H22N2O7/c1-20-7-5-14(6-8-21-2)12(19)13-9(11(17)18)3-4-10(15)16/h9H,3-8H2,1-2H3,(H,13,19)(H,15,16)(H,17,18)/t9-/m0/s1. The van der Waals surface area contributed by atoms with Gasteiger partial charge < -0.3 is 29.9 Å². The zero-order valence-corrected chi connectivity index (χ0v) is 12.2. The van der Waals surface area contributed by atoms with Crippen molar-refractivity contribution in [3.05, 3.63) is 0 Å². The van der Waals surface area contributed by atoms with Gasteiger partial charge in [0.25, 0.3) is 0 Å². The maximum absolute atomic E-state index is 12.0. The van der Waals surface area contributed by atoms with Gasteiger partial charge in [0.15, 0.2) is 0 Å². The molecule has 21 heavy (non-hydrogen) atoms. The van der Waals surface area contributed by atoms with Gasteiger partial charge in [-0.2, -0.15) is 0 Å². The molecule has 0 heterocycles. The Morgan fingerprint density at radius 3 is 2.00 bits per heavy atom. The molecule has 0 aromatic heterocycles. The zero-order valence-electron chi connectivity index (χ0n) is 12.2. The minimum atomic E-state index is -1.27. The van der Waals surface area contributed by atoms with Crippen LogP contribution in [0.3, 0.4) is 0 Å². The molecule has 0 aliphatic rings. The lowest BCUT2D eigenvalue weighted by atomic mass is 10.1. The van der Waals surface area contributed by atoms with E-state index >= 15 is 0 Å². The van der Waals surface area contributed by atoms with Crippen LogP contribution >= 0.6 is 0 Å². The van der Waals surface area contributed by atoms with Gasteiger partial charge in [-0.15, -0.1) is 0 Å². The third-order valence-electron chi connectivity index (χ3n) is 2.66. The molecule has 0 bridgehead atoms. The Kier molecular flexibility index (Phi) is 9.90. The summed E-state index contributed by atoms with van der Waals surface area (Å²) in [5.41, 5.74) is 0. The van der Waals surface area contributed by atoms with E-state index in [1.54, 1.807) is 0 Å². The topological polar surface area (TPSA) is 125 Å². The summed E-state index contributed by atoms with van der Waals surface area (Å²) < 4.78 is 9.75. The number of amides is 2. The quantitative estimate of drug-likeness (QED) is 0.474. The molecular formula is C12H22N2O7. The summed E-state index contributed by atoms with van der Waals surface area (Å²) in [6.07, 6.45) is -0.522. The average molecular weight is 306 g/mol. The number of hydrogen-bond donors (Lipinski definition) is 3. The van der Waals surface area contributed by atoms with E-state index in [0.717, 1.165) is 0 Å². The highest BCUT2D eigenvalue weighted by Gasteiger charge is 2.23. The highest BCUT2D eigenvalue weighted by atomic mass is 16.5. The van der Waals surface area contributed by atoms with Crippen LogP contribution < -0.4 is 5.32 Å². The van der Waals surface area contributed by atoms with Gasteiger partial charge in [0, 0.05) is 33.7 Å². The van der Waals surface area contributed by atoms with E-state index in [2.05, 4.69) is 5.32 Å². The first kappa shape index (κ1) is 19.1. The molecular weight excluding hydrogens is 284 g/mol. The monoisotopic (exact) mass is 306 g/mol. The molecule has 0 spiro atoms. The molecule has 0 rings (SSSR count). The summed E-state index contributed by atoms with van der Waals surface area (Å²) in [5.74, 6) is -2.39. The Balaban J connectivity index is 4.56. The van der Waals surface area contributed by atoms with Crippen LogP contribution in [0, 0.1) is 0 Å². The molecule has 2 amide bonds. The number of aliphatic carboxylic acids is 2. The van der Waals surface area contributed by atoms with Crippen LogP contribution in [0.2, 0.25) is 0 Å². The number of nitrogens with one attached hydrogen (secondary N) is 1. The number of carboxylic acids is 2. The Labute approximate surface area is 122 Å². The van der Waals surface area contributed by atoms with E-state index in [1.807, 2.05) is 0 Å². The van der Waals surface area contributed by atoms with Crippen LogP contribution in [-0.4, -0.2) is 79.6 Å². The summed E-state index contributed by atoms with van der Waals surface area (Å²) in [6.45, 7) is 1.14. The van der Waals surface area contributed by atoms with Gasteiger partial charge in [-0.3, -0.25) is 4.79 Å². The van der Waals surface area contributed by atoms with Crippen molar-refractivity contribution in [3.8, 4) is 0 Å². The van der Waals surface area contributed by atoms with E-state index in [-0.39, 0.29) is 25.9 Å². The van der Waals surface area contributed by atoms with Crippen molar-refractivity contribution in [2.24, 2.45) is 0 Å². The predicted molar refractivity (Wildman–Crippen MR) is 72.2 cm³/mol. The molecule has 1 atom stereocenters. The Morgan fingerprint density at radius 1 is 1.10 bits per heavy atom. The molecule has 0 aromatic carbocycles. The molecule has 0 fully saturated rings. The Morgan fingerprint density at radius 2 is 1.62 bits per heavy atom. The first-order valence-corrected chi connectivity index (χ1v) is 6.40. The number of carbonyl (C=O) groups is 3. The van der Waals surface area contributed by atoms with Crippen molar-refractivity contribution in [1.82, 2.24) is 10.2 Å². The normalized spacial score (nSPS) is 11.7. The lowest BCUT2D eigenvalue weighted by molar-refractivity contribution is -0.140. The number of urea groups is 1.